The largest absolute Gasteiger partial charge is 0.447 e. The summed E-state index contributed by atoms with van der Waals surface area (Å²) in [5, 5.41) is -0.0585. The minimum Gasteiger partial charge on any atom is -0.447 e. The van der Waals surface area contributed by atoms with E-state index in [0.717, 1.165) is 6.26 Å². The van der Waals surface area contributed by atoms with Crippen molar-refractivity contribution in [2.45, 2.75) is 11.7 Å². The van der Waals surface area contributed by atoms with E-state index in [2.05, 4.69) is 5.92 Å². The zero-order valence-corrected chi connectivity index (χ0v) is 8.50. The molecule has 0 saturated carbocycles. The third kappa shape index (κ3) is 2.91. The van der Waals surface area contributed by atoms with Crippen molar-refractivity contribution in [2.75, 3.05) is 12.9 Å². The molecule has 0 aromatic carbocycles. The van der Waals surface area contributed by atoms with Crippen molar-refractivity contribution in [3.8, 4) is 12.3 Å². The Bertz CT molecular complexity index is 436. The van der Waals surface area contributed by atoms with Gasteiger partial charge in [-0.2, -0.15) is 0 Å². The Kier molecular flexibility index (Phi) is 3.33. The summed E-state index contributed by atoms with van der Waals surface area (Å²) in [6.07, 6.45) is 6.05. The fraction of sp³-hybridized carbons (Fsp3) is 0.333. The van der Waals surface area contributed by atoms with Crippen molar-refractivity contribution in [1.29, 1.82) is 0 Å². The Morgan fingerprint density at radius 2 is 2.29 bits per heavy atom. The minimum absolute atomic E-state index is 0.0585. The summed E-state index contributed by atoms with van der Waals surface area (Å²) in [6.45, 7) is 0.356. The highest BCUT2D eigenvalue weighted by atomic mass is 32.2. The highest BCUT2D eigenvalue weighted by molar-refractivity contribution is 7.90. The van der Waals surface area contributed by atoms with Gasteiger partial charge in [-0.3, -0.25) is 0 Å². The quantitative estimate of drug-likeness (QED) is 0.550. The van der Waals surface area contributed by atoms with Crippen molar-refractivity contribution in [2.24, 2.45) is 0 Å². The molecule has 0 unspecified atom stereocenters. The maximum Gasteiger partial charge on any atom is 0.218 e. The number of hydrogen-bond acceptors (Lipinski definition) is 4. The second-order valence-corrected chi connectivity index (χ2v) is 4.64. The van der Waals surface area contributed by atoms with E-state index in [1.807, 2.05) is 0 Å². The number of sulfone groups is 1. The van der Waals surface area contributed by atoms with Crippen LogP contribution in [0.3, 0.4) is 0 Å². The molecular formula is C9H10O4S. The van der Waals surface area contributed by atoms with Gasteiger partial charge in [-0.05, 0) is 12.1 Å². The van der Waals surface area contributed by atoms with Gasteiger partial charge in [-0.25, -0.2) is 8.42 Å². The van der Waals surface area contributed by atoms with Gasteiger partial charge in [0.1, 0.15) is 19.0 Å². The molecule has 1 aromatic heterocycles. The highest BCUT2D eigenvalue weighted by Gasteiger charge is 2.12. The van der Waals surface area contributed by atoms with Crippen LogP contribution in [0.5, 0.6) is 0 Å². The maximum atomic E-state index is 11.0. The molecule has 0 bridgehead atoms. The van der Waals surface area contributed by atoms with Crippen molar-refractivity contribution in [3.63, 3.8) is 0 Å². The number of hydrogen-bond donors (Lipinski definition) is 0. The molecule has 0 fully saturated rings. The molecule has 0 N–H and O–H groups in total. The molecule has 0 aliphatic carbocycles. The second-order valence-electron chi connectivity index (χ2n) is 2.69. The first-order chi connectivity index (χ1) is 6.54. The molecule has 1 rings (SSSR count). The Morgan fingerprint density at radius 3 is 2.79 bits per heavy atom. The predicted molar refractivity (Wildman–Crippen MR) is 50.3 cm³/mol. The van der Waals surface area contributed by atoms with Crippen molar-refractivity contribution in [3.05, 3.63) is 17.9 Å². The van der Waals surface area contributed by atoms with Crippen LogP contribution in [0, 0.1) is 12.3 Å². The van der Waals surface area contributed by atoms with Crippen molar-refractivity contribution in [1.82, 2.24) is 0 Å². The summed E-state index contributed by atoms with van der Waals surface area (Å²) in [5.74, 6) is 2.74. The zero-order valence-electron chi connectivity index (χ0n) is 7.69. The first-order valence-corrected chi connectivity index (χ1v) is 5.73. The molecule has 4 nitrogen and oxygen atoms in total. The number of furan rings is 1. The SMILES string of the molecule is C#CCOCc1ccc(S(C)(=O)=O)o1. The maximum absolute atomic E-state index is 11.0. The van der Waals surface area contributed by atoms with E-state index < -0.39 is 9.84 Å². The molecule has 1 heterocycles. The molecule has 0 aliphatic heterocycles. The van der Waals surface area contributed by atoms with Gasteiger partial charge in [0.25, 0.3) is 0 Å². The Balaban J connectivity index is 2.66. The molecule has 14 heavy (non-hydrogen) atoms. The van der Waals surface area contributed by atoms with E-state index in [-0.39, 0.29) is 18.3 Å². The molecule has 5 heteroatoms. The predicted octanol–water partition coefficient (Wildman–Crippen LogP) is 0.833. The van der Waals surface area contributed by atoms with Gasteiger partial charge in [0, 0.05) is 6.26 Å². The molecule has 0 aliphatic rings. The lowest BCUT2D eigenvalue weighted by atomic mass is 10.5. The van der Waals surface area contributed by atoms with Gasteiger partial charge in [0.2, 0.25) is 14.9 Å². The average Bonchev–Trinajstić information content (AvgIpc) is 2.52. The summed E-state index contributed by atoms with van der Waals surface area (Å²) in [6, 6.07) is 2.94. The third-order valence-corrected chi connectivity index (χ3v) is 2.38. The molecule has 0 spiro atoms. The van der Waals surface area contributed by atoms with E-state index in [4.69, 9.17) is 15.6 Å². The zero-order chi connectivity index (χ0) is 10.6. The highest BCUT2D eigenvalue weighted by Crippen LogP contribution is 2.14. The molecule has 0 saturated heterocycles. The normalized spacial score (nSPS) is 11.1. The number of terminal acetylenes is 1. The van der Waals surface area contributed by atoms with Crippen LogP contribution < -0.4 is 0 Å². The number of rotatable bonds is 4. The first-order valence-electron chi connectivity index (χ1n) is 3.84. The van der Waals surface area contributed by atoms with Crippen LogP contribution in [-0.4, -0.2) is 21.3 Å². The Hall–Kier alpha value is -1.25. The minimum atomic E-state index is -3.28. The van der Waals surface area contributed by atoms with Crippen LogP contribution in [-0.2, 0) is 21.2 Å². The van der Waals surface area contributed by atoms with E-state index in [9.17, 15) is 8.42 Å². The van der Waals surface area contributed by atoms with Crippen LogP contribution in [0.15, 0.2) is 21.6 Å². The Labute approximate surface area is 82.8 Å². The van der Waals surface area contributed by atoms with Gasteiger partial charge in [-0.1, -0.05) is 5.92 Å². The lowest BCUT2D eigenvalue weighted by Gasteiger charge is -1.95. The van der Waals surface area contributed by atoms with E-state index >= 15 is 0 Å². The third-order valence-electron chi connectivity index (χ3n) is 1.43. The van der Waals surface area contributed by atoms with E-state index in [0.29, 0.717) is 5.76 Å². The van der Waals surface area contributed by atoms with Crippen LogP contribution in [0.25, 0.3) is 0 Å². The standard InChI is InChI=1S/C9H10O4S/c1-3-6-12-7-8-4-5-9(13-8)14(2,10)11/h1,4-5H,6-7H2,2H3. The smallest absolute Gasteiger partial charge is 0.218 e. The fourth-order valence-corrected chi connectivity index (χ4v) is 1.42. The van der Waals surface area contributed by atoms with Crippen molar-refractivity contribution >= 4 is 9.84 Å². The van der Waals surface area contributed by atoms with Gasteiger partial charge < -0.3 is 9.15 Å². The van der Waals surface area contributed by atoms with Crippen LogP contribution in [0.4, 0.5) is 0 Å². The topological polar surface area (TPSA) is 56.5 Å². The summed E-state index contributed by atoms with van der Waals surface area (Å²) in [5.41, 5.74) is 0. The van der Waals surface area contributed by atoms with E-state index in [1.54, 1.807) is 6.07 Å². The summed E-state index contributed by atoms with van der Waals surface area (Å²) >= 11 is 0. The molecule has 76 valence electrons. The lowest BCUT2D eigenvalue weighted by molar-refractivity contribution is 0.132. The average molecular weight is 214 g/mol. The monoisotopic (exact) mass is 214 g/mol. The lowest BCUT2D eigenvalue weighted by Crippen LogP contribution is -1.94. The number of ether oxygens (including phenoxy) is 1. The second kappa shape index (κ2) is 4.31. The van der Waals surface area contributed by atoms with E-state index in [1.165, 1.54) is 6.07 Å². The van der Waals surface area contributed by atoms with Crippen LogP contribution in [0.2, 0.25) is 0 Å². The Morgan fingerprint density at radius 1 is 1.57 bits per heavy atom. The van der Waals surface area contributed by atoms with Crippen LogP contribution in [0.1, 0.15) is 5.76 Å². The van der Waals surface area contributed by atoms with Crippen LogP contribution >= 0.6 is 0 Å². The van der Waals surface area contributed by atoms with Gasteiger partial charge in [-0.15, -0.1) is 6.42 Å². The fourth-order valence-electron chi connectivity index (χ4n) is 0.846. The molecule has 0 radical (unpaired) electrons. The first kappa shape index (κ1) is 10.8. The van der Waals surface area contributed by atoms with Gasteiger partial charge in [0.05, 0.1) is 0 Å². The molecule has 1 aromatic rings. The summed E-state index contributed by atoms with van der Waals surface area (Å²) in [4.78, 5) is 0. The molecule has 0 amide bonds. The van der Waals surface area contributed by atoms with Crippen molar-refractivity contribution < 1.29 is 17.6 Å². The van der Waals surface area contributed by atoms with Gasteiger partial charge >= 0.3 is 0 Å². The molecule has 0 atom stereocenters. The van der Waals surface area contributed by atoms with Gasteiger partial charge in [0.15, 0.2) is 0 Å². The summed E-state index contributed by atoms with van der Waals surface area (Å²) in [7, 11) is -3.28. The summed E-state index contributed by atoms with van der Waals surface area (Å²) < 4.78 is 32.0. The molecular weight excluding hydrogens is 204 g/mol.